The van der Waals surface area contributed by atoms with Gasteiger partial charge < -0.3 is 0 Å². The SMILES string of the molecule is CC1=CCC=CC=C1.CF. The zero-order valence-corrected chi connectivity index (χ0v) is 6.47. The van der Waals surface area contributed by atoms with Gasteiger partial charge in [-0.1, -0.05) is 36.0 Å². The van der Waals surface area contributed by atoms with Crippen molar-refractivity contribution in [2.24, 2.45) is 0 Å². The molecule has 0 amide bonds. The van der Waals surface area contributed by atoms with Gasteiger partial charge in [0.25, 0.3) is 0 Å². The minimum Gasteiger partial charge on any atom is -0.255 e. The average molecular weight is 140 g/mol. The number of rotatable bonds is 0. The van der Waals surface area contributed by atoms with E-state index in [0.717, 1.165) is 6.42 Å². The third-order valence-corrected chi connectivity index (χ3v) is 1.18. The van der Waals surface area contributed by atoms with Gasteiger partial charge in [0.2, 0.25) is 0 Å². The largest absolute Gasteiger partial charge is 0.255 e. The molecule has 0 saturated carbocycles. The summed E-state index contributed by atoms with van der Waals surface area (Å²) in [5, 5.41) is 0. The summed E-state index contributed by atoms with van der Waals surface area (Å²) < 4.78 is 9.50. The number of halogens is 1. The number of alkyl halides is 1. The fourth-order valence-electron chi connectivity index (χ4n) is 0.686. The fourth-order valence-corrected chi connectivity index (χ4v) is 0.686. The molecule has 0 aromatic rings. The lowest BCUT2D eigenvalue weighted by molar-refractivity contribution is 0.636. The first kappa shape index (κ1) is 9.15. The third kappa shape index (κ3) is 4.07. The van der Waals surface area contributed by atoms with Crippen LogP contribution in [0.2, 0.25) is 0 Å². The zero-order valence-electron chi connectivity index (χ0n) is 6.47. The molecule has 0 spiro atoms. The van der Waals surface area contributed by atoms with E-state index in [-0.39, 0.29) is 0 Å². The first-order valence-corrected chi connectivity index (χ1v) is 3.27. The van der Waals surface area contributed by atoms with Crippen LogP contribution in [0.3, 0.4) is 0 Å². The van der Waals surface area contributed by atoms with Crippen LogP contribution in [0.15, 0.2) is 36.0 Å². The van der Waals surface area contributed by atoms with Crippen LogP contribution in [-0.4, -0.2) is 7.18 Å². The molecule has 1 heteroatoms. The smallest absolute Gasteiger partial charge is 0.0785 e. The molecule has 0 aromatic carbocycles. The van der Waals surface area contributed by atoms with Crippen molar-refractivity contribution in [3.05, 3.63) is 36.0 Å². The van der Waals surface area contributed by atoms with E-state index in [2.05, 4.69) is 37.3 Å². The summed E-state index contributed by atoms with van der Waals surface area (Å²) in [6.07, 6.45) is 11.7. The molecule has 0 nitrogen and oxygen atoms in total. The second-order valence-electron chi connectivity index (χ2n) is 1.97. The van der Waals surface area contributed by atoms with E-state index in [1.54, 1.807) is 0 Å². The first-order chi connectivity index (χ1) is 4.89. The summed E-state index contributed by atoms with van der Waals surface area (Å²) >= 11 is 0. The summed E-state index contributed by atoms with van der Waals surface area (Å²) in [5.74, 6) is 0. The maximum Gasteiger partial charge on any atom is 0.0785 e. The molecule has 0 fully saturated rings. The minimum atomic E-state index is 0.500. The van der Waals surface area contributed by atoms with Crippen LogP contribution in [0.25, 0.3) is 0 Å². The number of allylic oxidation sites excluding steroid dienone is 6. The van der Waals surface area contributed by atoms with Crippen molar-refractivity contribution in [2.75, 3.05) is 7.18 Å². The van der Waals surface area contributed by atoms with Gasteiger partial charge in [-0.15, -0.1) is 0 Å². The predicted octanol–water partition coefficient (Wildman–Crippen LogP) is 3.03. The second kappa shape index (κ2) is 6.27. The highest BCUT2D eigenvalue weighted by atomic mass is 19.1. The van der Waals surface area contributed by atoms with Crippen LogP contribution in [-0.2, 0) is 0 Å². The lowest BCUT2D eigenvalue weighted by Gasteiger charge is -1.82. The van der Waals surface area contributed by atoms with Crippen LogP contribution < -0.4 is 0 Å². The normalized spacial score (nSPS) is 14.9. The van der Waals surface area contributed by atoms with Crippen molar-refractivity contribution in [1.29, 1.82) is 0 Å². The van der Waals surface area contributed by atoms with E-state index < -0.39 is 0 Å². The molecule has 1 rings (SSSR count). The van der Waals surface area contributed by atoms with Gasteiger partial charge in [-0.2, -0.15) is 0 Å². The van der Waals surface area contributed by atoms with E-state index in [1.807, 2.05) is 0 Å². The quantitative estimate of drug-likeness (QED) is 0.485. The van der Waals surface area contributed by atoms with E-state index in [0.29, 0.717) is 7.18 Å². The lowest BCUT2D eigenvalue weighted by Crippen LogP contribution is -1.62. The highest BCUT2D eigenvalue weighted by molar-refractivity contribution is 5.24. The Balaban J connectivity index is 0.000000371. The van der Waals surface area contributed by atoms with Crippen LogP contribution in [0, 0.1) is 0 Å². The molecule has 1 aliphatic rings. The Morgan fingerprint density at radius 1 is 1.30 bits per heavy atom. The van der Waals surface area contributed by atoms with Crippen molar-refractivity contribution in [2.45, 2.75) is 13.3 Å². The Bertz CT molecular complexity index is 149. The van der Waals surface area contributed by atoms with Gasteiger partial charge in [-0.3, -0.25) is 4.39 Å². The van der Waals surface area contributed by atoms with Crippen molar-refractivity contribution in [3.8, 4) is 0 Å². The van der Waals surface area contributed by atoms with Gasteiger partial charge in [-0.05, 0) is 13.3 Å². The van der Waals surface area contributed by atoms with Gasteiger partial charge in [0, 0.05) is 0 Å². The molecule has 0 N–H and O–H groups in total. The van der Waals surface area contributed by atoms with Gasteiger partial charge in [-0.25, -0.2) is 0 Å². The van der Waals surface area contributed by atoms with Gasteiger partial charge in [0.05, 0.1) is 7.18 Å². The summed E-state index contributed by atoms with van der Waals surface area (Å²) in [4.78, 5) is 0. The summed E-state index contributed by atoms with van der Waals surface area (Å²) in [5.41, 5.74) is 1.36. The Labute approximate surface area is 61.8 Å². The number of hydrogen-bond donors (Lipinski definition) is 0. The van der Waals surface area contributed by atoms with Crippen LogP contribution >= 0.6 is 0 Å². The van der Waals surface area contributed by atoms with E-state index in [4.69, 9.17) is 0 Å². The molecule has 0 unspecified atom stereocenters. The van der Waals surface area contributed by atoms with Crippen molar-refractivity contribution in [1.82, 2.24) is 0 Å². The maximum absolute atomic E-state index is 9.50. The number of hydrogen-bond acceptors (Lipinski definition) is 0. The summed E-state index contributed by atoms with van der Waals surface area (Å²) in [6.45, 7) is 2.11. The summed E-state index contributed by atoms with van der Waals surface area (Å²) in [6, 6.07) is 0. The second-order valence-corrected chi connectivity index (χ2v) is 1.97. The van der Waals surface area contributed by atoms with Crippen molar-refractivity contribution >= 4 is 0 Å². The molecule has 0 bridgehead atoms. The monoisotopic (exact) mass is 140 g/mol. The van der Waals surface area contributed by atoms with E-state index in [9.17, 15) is 4.39 Å². The molecule has 0 heterocycles. The molecular formula is C9H13F. The van der Waals surface area contributed by atoms with Crippen LogP contribution in [0.5, 0.6) is 0 Å². The van der Waals surface area contributed by atoms with Crippen LogP contribution in [0.1, 0.15) is 13.3 Å². The molecular weight excluding hydrogens is 127 g/mol. The Kier molecular flexibility index (Phi) is 5.74. The van der Waals surface area contributed by atoms with E-state index in [1.165, 1.54) is 5.57 Å². The molecule has 0 radical (unpaired) electrons. The summed E-state index contributed by atoms with van der Waals surface area (Å²) in [7, 11) is 0.500. The first-order valence-electron chi connectivity index (χ1n) is 3.27. The molecule has 0 atom stereocenters. The topological polar surface area (TPSA) is 0 Å². The minimum absolute atomic E-state index is 0.500. The standard InChI is InChI=1S/C8H10.CH3F/c1-8-6-4-2-3-5-7-8;1-2/h2-4,6-7H,5H2,1H3;1H3. The maximum atomic E-state index is 9.50. The molecule has 0 aliphatic heterocycles. The van der Waals surface area contributed by atoms with Crippen molar-refractivity contribution < 1.29 is 4.39 Å². The van der Waals surface area contributed by atoms with Crippen molar-refractivity contribution in [3.63, 3.8) is 0 Å². The Morgan fingerprint density at radius 2 is 2.00 bits per heavy atom. The highest BCUT2D eigenvalue weighted by Gasteiger charge is 1.81. The highest BCUT2D eigenvalue weighted by Crippen LogP contribution is 2.01. The zero-order chi connectivity index (χ0) is 7.82. The Hall–Kier alpha value is -0.850. The van der Waals surface area contributed by atoms with Gasteiger partial charge in [0.15, 0.2) is 0 Å². The third-order valence-electron chi connectivity index (χ3n) is 1.18. The predicted molar refractivity (Wildman–Crippen MR) is 43.7 cm³/mol. The van der Waals surface area contributed by atoms with Gasteiger partial charge in [0.1, 0.15) is 0 Å². The lowest BCUT2D eigenvalue weighted by atomic mass is 10.2. The molecule has 1 aliphatic carbocycles. The molecule has 10 heavy (non-hydrogen) atoms. The molecule has 0 aromatic heterocycles. The molecule has 56 valence electrons. The average Bonchev–Trinajstić information content (AvgIpc) is 2.21. The molecule has 0 saturated heterocycles. The van der Waals surface area contributed by atoms with Gasteiger partial charge >= 0.3 is 0 Å². The van der Waals surface area contributed by atoms with E-state index >= 15 is 0 Å². The Morgan fingerprint density at radius 3 is 2.70 bits per heavy atom. The van der Waals surface area contributed by atoms with Crippen LogP contribution in [0.4, 0.5) is 4.39 Å². The fraction of sp³-hybridized carbons (Fsp3) is 0.333.